The normalized spacial score (nSPS) is 18.9. The first-order valence-electron chi connectivity index (χ1n) is 12.3. The molecule has 0 aliphatic carbocycles. The molecule has 0 saturated heterocycles. The fraction of sp³-hybridized carbons (Fsp3) is 0.429. The molecule has 8 nitrogen and oxygen atoms in total. The summed E-state index contributed by atoms with van der Waals surface area (Å²) in [5, 5.41) is 22.4. The number of hydrogen-bond donors (Lipinski definition) is 4. The van der Waals surface area contributed by atoms with Gasteiger partial charge in [-0.25, -0.2) is 9.59 Å². The van der Waals surface area contributed by atoms with E-state index in [1.165, 1.54) is 48.2 Å². The summed E-state index contributed by atoms with van der Waals surface area (Å²) in [5.74, 6) is -2.51. The van der Waals surface area contributed by atoms with Gasteiger partial charge in [-0.3, -0.25) is 0 Å². The van der Waals surface area contributed by atoms with Gasteiger partial charge in [-0.15, -0.1) is 0 Å². The van der Waals surface area contributed by atoms with Crippen molar-refractivity contribution in [1.29, 1.82) is 0 Å². The summed E-state index contributed by atoms with van der Waals surface area (Å²) in [6.07, 6.45) is 5.96. The van der Waals surface area contributed by atoms with Gasteiger partial charge in [-0.2, -0.15) is 0 Å². The predicted octanol–water partition coefficient (Wildman–Crippen LogP) is 3.03. The maximum atomic E-state index is 9.55. The molecule has 2 aromatic carbocycles. The first kappa shape index (κ1) is 28.9. The number of para-hydroxylation sites is 2. The van der Waals surface area contributed by atoms with Crippen molar-refractivity contribution in [1.82, 2.24) is 10.6 Å². The van der Waals surface area contributed by atoms with E-state index >= 15 is 0 Å². The summed E-state index contributed by atoms with van der Waals surface area (Å²) in [4.78, 5) is 23.8. The molecule has 2 heterocycles. The van der Waals surface area contributed by atoms with Gasteiger partial charge in [0, 0.05) is 62.8 Å². The number of likely N-dealkylation sites (N-methyl/N-ethyl adjacent to an activating group) is 4. The third-order valence-electron chi connectivity index (χ3n) is 6.50. The van der Waals surface area contributed by atoms with Crippen molar-refractivity contribution in [2.75, 3.05) is 51.1 Å². The van der Waals surface area contributed by atoms with E-state index in [0.717, 1.165) is 13.1 Å². The lowest BCUT2D eigenvalue weighted by Crippen LogP contribution is -2.36. The molecule has 0 fully saturated rings. The number of fused-ring (bicyclic) bond motifs is 2. The highest BCUT2D eigenvalue weighted by Crippen LogP contribution is 2.25. The van der Waals surface area contributed by atoms with Crippen molar-refractivity contribution in [3.8, 4) is 0 Å². The van der Waals surface area contributed by atoms with Gasteiger partial charge in [0.05, 0.1) is 0 Å². The van der Waals surface area contributed by atoms with E-state index < -0.39 is 11.9 Å². The zero-order chi connectivity index (χ0) is 26.5. The lowest BCUT2D eigenvalue weighted by molar-refractivity contribution is -0.134. The molecule has 0 aromatic heterocycles. The molecule has 0 bridgehead atoms. The third-order valence-corrected chi connectivity index (χ3v) is 6.50. The van der Waals surface area contributed by atoms with Gasteiger partial charge >= 0.3 is 11.9 Å². The molecule has 0 radical (unpaired) electrons. The SMILES string of the molecule is CNC1CCc2ccccc2N(C)C1.CNC1CCc2ccccc2N(C)C1.O=C(O)C=CC(=O)O. The molecule has 2 aliphatic rings. The zero-order valence-electron chi connectivity index (χ0n) is 21.8. The summed E-state index contributed by atoms with van der Waals surface area (Å²) >= 11 is 0. The average Bonchev–Trinajstić information content (AvgIpc) is 3.15. The van der Waals surface area contributed by atoms with Crippen molar-refractivity contribution in [2.45, 2.75) is 37.8 Å². The molecular weight excluding hydrogens is 456 g/mol. The fourth-order valence-corrected chi connectivity index (χ4v) is 4.50. The molecule has 2 aromatic rings. The Morgan fingerprint density at radius 2 is 1.11 bits per heavy atom. The zero-order valence-corrected chi connectivity index (χ0v) is 21.8. The minimum absolute atomic E-state index is 0.558. The molecule has 4 rings (SSSR count). The molecule has 2 atom stereocenters. The number of aryl methyl sites for hydroxylation is 2. The Morgan fingerprint density at radius 3 is 1.44 bits per heavy atom. The van der Waals surface area contributed by atoms with Gasteiger partial charge in [-0.05, 0) is 63.0 Å². The smallest absolute Gasteiger partial charge is 0.328 e. The molecule has 4 N–H and O–H groups in total. The van der Waals surface area contributed by atoms with Gasteiger partial charge < -0.3 is 30.6 Å². The van der Waals surface area contributed by atoms with Crippen LogP contribution in [0.5, 0.6) is 0 Å². The van der Waals surface area contributed by atoms with Crippen LogP contribution in [0.2, 0.25) is 0 Å². The number of anilines is 2. The number of hydrogen-bond acceptors (Lipinski definition) is 6. The highest BCUT2D eigenvalue weighted by Gasteiger charge is 2.18. The van der Waals surface area contributed by atoms with Crippen LogP contribution in [-0.2, 0) is 22.4 Å². The maximum Gasteiger partial charge on any atom is 0.328 e. The van der Waals surface area contributed by atoms with Crippen molar-refractivity contribution in [3.05, 3.63) is 71.8 Å². The van der Waals surface area contributed by atoms with E-state index in [-0.39, 0.29) is 0 Å². The molecule has 8 heteroatoms. The van der Waals surface area contributed by atoms with E-state index in [1.54, 1.807) is 0 Å². The van der Waals surface area contributed by atoms with Crippen LogP contribution in [0.25, 0.3) is 0 Å². The van der Waals surface area contributed by atoms with Crippen molar-refractivity contribution in [3.63, 3.8) is 0 Å². The Morgan fingerprint density at radius 1 is 0.750 bits per heavy atom. The van der Waals surface area contributed by atoms with Crippen LogP contribution in [0.4, 0.5) is 11.4 Å². The standard InChI is InChI=1S/2C12H18N2.C4H4O4/c2*1-13-11-8-7-10-5-3-4-6-12(10)14(2)9-11;5-3(6)1-2-4(7)8/h2*3-6,11,13H,7-9H2,1-2H3;1-2H,(H,5,6)(H,7,8). The number of nitrogens with one attached hydrogen (secondary N) is 2. The molecule has 2 aliphatic heterocycles. The number of carbonyl (C=O) groups is 2. The Balaban J connectivity index is 0.000000199. The summed E-state index contributed by atoms with van der Waals surface area (Å²) in [5.41, 5.74) is 5.75. The largest absolute Gasteiger partial charge is 0.478 e. The van der Waals surface area contributed by atoms with Crippen LogP contribution in [0, 0.1) is 0 Å². The van der Waals surface area contributed by atoms with Crippen molar-refractivity contribution < 1.29 is 19.8 Å². The highest BCUT2D eigenvalue weighted by molar-refractivity contribution is 5.89. The molecule has 2 unspecified atom stereocenters. The third kappa shape index (κ3) is 9.36. The first-order valence-corrected chi connectivity index (χ1v) is 12.3. The molecule has 0 amide bonds. The Hall–Kier alpha value is -3.36. The fourth-order valence-electron chi connectivity index (χ4n) is 4.50. The monoisotopic (exact) mass is 496 g/mol. The molecule has 36 heavy (non-hydrogen) atoms. The Kier molecular flexibility index (Phi) is 12.0. The van der Waals surface area contributed by atoms with E-state index in [1.807, 2.05) is 0 Å². The summed E-state index contributed by atoms with van der Waals surface area (Å²) < 4.78 is 0. The van der Waals surface area contributed by atoms with Gasteiger partial charge in [0.25, 0.3) is 0 Å². The summed E-state index contributed by atoms with van der Waals surface area (Å²) in [6, 6.07) is 18.6. The second-order valence-corrected chi connectivity index (χ2v) is 9.08. The first-order chi connectivity index (χ1) is 17.2. The summed E-state index contributed by atoms with van der Waals surface area (Å²) in [6.45, 7) is 2.21. The van der Waals surface area contributed by atoms with Crippen LogP contribution >= 0.6 is 0 Å². The van der Waals surface area contributed by atoms with Crippen molar-refractivity contribution >= 4 is 23.3 Å². The number of nitrogens with zero attached hydrogens (tertiary/aromatic N) is 2. The molecular formula is C28H40N4O4. The number of aliphatic carboxylic acids is 2. The van der Waals surface area contributed by atoms with Crippen LogP contribution < -0.4 is 20.4 Å². The van der Waals surface area contributed by atoms with E-state index in [2.05, 4.69) is 97.2 Å². The maximum absolute atomic E-state index is 9.55. The van der Waals surface area contributed by atoms with Crippen molar-refractivity contribution in [2.24, 2.45) is 0 Å². The van der Waals surface area contributed by atoms with Crippen LogP contribution in [0.3, 0.4) is 0 Å². The molecule has 0 spiro atoms. The summed E-state index contributed by atoms with van der Waals surface area (Å²) in [7, 11) is 8.45. The molecule has 0 saturated carbocycles. The number of carboxylic acids is 2. The lowest BCUT2D eigenvalue weighted by atomic mass is 10.1. The number of benzene rings is 2. The van der Waals surface area contributed by atoms with E-state index in [0.29, 0.717) is 24.2 Å². The van der Waals surface area contributed by atoms with Gasteiger partial charge in [-0.1, -0.05) is 36.4 Å². The molecule has 196 valence electrons. The van der Waals surface area contributed by atoms with E-state index in [4.69, 9.17) is 10.2 Å². The number of carboxylic acid groups (broad SMARTS) is 2. The highest BCUT2D eigenvalue weighted by atomic mass is 16.4. The second-order valence-electron chi connectivity index (χ2n) is 9.08. The van der Waals surface area contributed by atoms with Crippen LogP contribution in [0.15, 0.2) is 60.7 Å². The topological polar surface area (TPSA) is 105 Å². The minimum atomic E-state index is -1.26. The van der Waals surface area contributed by atoms with Crippen LogP contribution in [0.1, 0.15) is 24.0 Å². The average molecular weight is 497 g/mol. The minimum Gasteiger partial charge on any atom is -0.478 e. The quantitative estimate of drug-likeness (QED) is 0.479. The Bertz CT molecular complexity index is 931. The van der Waals surface area contributed by atoms with Crippen LogP contribution in [-0.4, -0.2) is 75.5 Å². The lowest BCUT2D eigenvalue weighted by Gasteiger charge is -2.22. The van der Waals surface area contributed by atoms with Gasteiger partial charge in [0.15, 0.2) is 0 Å². The van der Waals surface area contributed by atoms with E-state index in [9.17, 15) is 9.59 Å². The second kappa shape index (κ2) is 14.9. The Labute approximate surface area is 214 Å². The van der Waals surface area contributed by atoms with Gasteiger partial charge in [0.1, 0.15) is 0 Å². The number of rotatable bonds is 4. The van der Waals surface area contributed by atoms with Gasteiger partial charge in [0.2, 0.25) is 0 Å². The predicted molar refractivity (Wildman–Crippen MR) is 146 cm³/mol.